The van der Waals surface area contributed by atoms with Gasteiger partial charge in [-0.2, -0.15) is 0 Å². The third-order valence-corrected chi connectivity index (χ3v) is 0.523. The summed E-state index contributed by atoms with van der Waals surface area (Å²) < 4.78 is 0. The second-order valence-corrected chi connectivity index (χ2v) is 1.14. The minimum Gasteiger partial charge on any atom is -0.463 e. The van der Waals surface area contributed by atoms with Crippen molar-refractivity contribution in [2.75, 3.05) is 0 Å². The Morgan fingerprint density at radius 2 is 2.12 bits per heavy atom. The van der Waals surface area contributed by atoms with Gasteiger partial charge in [-0.1, -0.05) is 6.92 Å². The molecule has 1 N–H and O–H groups in total. The van der Waals surface area contributed by atoms with E-state index in [-0.39, 0.29) is 6.42 Å². The number of carbonyl (C=O) groups excluding carboxylic acids is 1. The quantitative estimate of drug-likeness (QED) is 0.532. The van der Waals surface area contributed by atoms with Gasteiger partial charge in [0, 0.05) is 6.42 Å². The summed E-state index contributed by atoms with van der Waals surface area (Å²) in [5.74, 6) is -0.600. The molecule has 1 radical (unpaired) electrons. The van der Waals surface area contributed by atoms with Gasteiger partial charge in [0.15, 0.2) is 0 Å². The molecule has 0 aliphatic heterocycles. The Morgan fingerprint density at radius 1 is 1.62 bits per heavy atom. The first-order chi connectivity index (χ1) is 3.66. The molecule has 0 heterocycles. The number of hydrogen-bond acceptors (Lipinski definition) is 2. The predicted octanol–water partition coefficient (Wildman–Crippen LogP) is 0.205. The Kier molecular flexibility index (Phi) is 2.61. The molecule has 0 aliphatic rings. The van der Waals surface area contributed by atoms with Gasteiger partial charge >= 0.3 is 6.09 Å². The first-order valence-corrected chi connectivity index (χ1v) is 2.14. The van der Waals surface area contributed by atoms with Crippen LogP contribution < -0.4 is 5.32 Å². The molecule has 45 valence electrons. The molecular weight excluding hydrogens is 110 g/mol. The lowest BCUT2D eigenvalue weighted by Gasteiger charge is -1.86. The number of nitrogens with zero attached hydrogens (tertiary/aromatic N) is 1. The lowest BCUT2D eigenvalue weighted by Crippen LogP contribution is -2.19. The van der Waals surface area contributed by atoms with Gasteiger partial charge in [-0.05, 0) is 0 Å². The molecule has 0 saturated carbocycles. The van der Waals surface area contributed by atoms with Crippen LogP contribution in [0.4, 0.5) is 4.79 Å². The average molecular weight is 116 g/mol. The van der Waals surface area contributed by atoms with Gasteiger partial charge in [0.25, 0.3) is 5.91 Å². The monoisotopic (exact) mass is 116 g/mol. The number of amides is 2. The topological polar surface area (TPSA) is 68.5 Å². The molecule has 0 atom stereocenters. The van der Waals surface area contributed by atoms with Crippen molar-refractivity contribution in [3.63, 3.8) is 0 Å². The lowest BCUT2D eigenvalue weighted by molar-refractivity contribution is -0.120. The second kappa shape index (κ2) is 3.01. The zero-order chi connectivity index (χ0) is 6.57. The van der Waals surface area contributed by atoms with Gasteiger partial charge in [0.1, 0.15) is 0 Å². The molecule has 8 heavy (non-hydrogen) atoms. The molecule has 0 aromatic rings. The summed E-state index contributed by atoms with van der Waals surface area (Å²) in [6, 6.07) is 0. The fourth-order valence-corrected chi connectivity index (χ4v) is 0.186. The zero-order valence-electron chi connectivity index (χ0n) is 4.42. The maximum atomic E-state index is 10.1. The number of hydrogen-bond donors (Lipinski definition) is 1. The molecule has 0 fully saturated rings. The van der Waals surface area contributed by atoms with E-state index in [1.54, 1.807) is 6.92 Å². The Bertz CT molecular complexity index is 110. The highest BCUT2D eigenvalue weighted by molar-refractivity contribution is 5.90. The number of rotatable bonds is 1. The standard InChI is InChI=1S/C4H6NO3/c1-2-3(6)5-4(7)8/h2H2,1H3,(H,7,8). The summed E-state index contributed by atoms with van der Waals surface area (Å²) >= 11 is 0. The van der Waals surface area contributed by atoms with Crippen molar-refractivity contribution < 1.29 is 14.7 Å². The van der Waals surface area contributed by atoms with Gasteiger partial charge in [-0.3, -0.25) is 4.79 Å². The molecule has 0 aromatic carbocycles. The molecule has 0 unspecified atom stereocenters. The highest BCUT2D eigenvalue weighted by atomic mass is 16.4. The minimum absolute atomic E-state index is 0.145. The van der Waals surface area contributed by atoms with Crippen LogP contribution in [0.1, 0.15) is 13.3 Å². The van der Waals surface area contributed by atoms with Crippen molar-refractivity contribution >= 4 is 12.0 Å². The Balaban J connectivity index is 3.40. The Morgan fingerprint density at radius 3 is 2.25 bits per heavy atom. The van der Waals surface area contributed by atoms with Crippen LogP contribution in [0.15, 0.2) is 0 Å². The fraction of sp³-hybridized carbons (Fsp3) is 0.500. The van der Waals surface area contributed by atoms with E-state index in [0.29, 0.717) is 0 Å². The Labute approximate surface area is 46.5 Å². The third-order valence-electron chi connectivity index (χ3n) is 0.523. The molecule has 4 nitrogen and oxygen atoms in total. The van der Waals surface area contributed by atoms with E-state index in [1.807, 2.05) is 0 Å². The molecular formula is C4H6NO3. The number of carboxylic acid groups (broad SMARTS) is 1. The average Bonchev–Trinajstić information content (AvgIpc) is 1.65. The molecule has 4 heteroatoms. The van der Waals surface area contributed by atoms with Crippen LogP contribution in [0.25, 0.3) is 0 Å². The van der Waals surface area contributed by atoms with Crippen molar-refractivity contribution in [1.29, 1.82) is 0 Å². The van der Waals surface area contributed by atoms with Crippen LogP contribution in [0.3, 0.4) is 0 Å². The number of imide groups is 1. The molecule has 0 rings (SSSR count). The second-order valence-electron chi connectivity index (χ2n) is 1.14. The van der Waals surface area contributed by atoms with Gasteiger partial charge in [-0.15, -0.1) is 5.32 Å². The summed E-state index contributed by atoms with van der Waals surface area (Å²) in [6.45, 7) is 1.55. The first kappa shape index (κ1) is 6.94. The summed E-state index contributed by atoms with van der Waals surface area (Å²) in [5, 5.41) is 10.5. The minimum atomic E-state index is -1.42. The van der Waals surface area contributed by atoms with E-state index in [0.717, 1.165) is 0 Å². The normalized spacial score (nSPS) is 8.12. The van der Waals surface area contributed by atoms with Crippen LogP contribution in [0.5, 0.6) is 0 Å². The maximum Gasteiger partial charge on any atom is 0.434 e. The van der Waals surface area contributed by atoms with Crippen molar-refractivity contribution in [3.8, 4) is 0 Å². The van der Waals surface area contributed by atoms with Crippen molar-refractivity contribution in [2.45, 2.75) is 13.3 Å². The van der Waals surface area contributed by atoms with E-state index < -0.39 is 12.0 Å². The third kappa shape index (κ3) is 3.14. The van der Waals surface area contributed by atoms with Gasteiger partial charge in [0.05, 0.1) is 0 Å². The van der Waals surface area contributed by atoms with Crippen molar-refractivity contribution in [3.05, 3.63) is 0 Å². The molecule has 0 saturated heterocycles. The summed E-state index contributed by atoms with van der Waals surface area (Å²) in [4.78, 5) is 19.7. The highest BCUT2D eigenvalue weighted by Crippen LogP contribution is 1.75. The van der Waals surface area contributed by atoms with Crippen LogP contribution in [-0.4, -0.2) is 17.1 Å². The summed E-state index contributed by atoms with van der Waals surface area (Å²) in [5.41, 5.74) is 0. The first-order valence-electron chi connectivity index (χ1n) is 2.14. The largest absolute Gasteiger partial charge is 0.463 e. The van der Waals surface area contributed by atoms with Crippen LogP contribution >= 0.6 is 0 Å². The smallest absolute Gasteiger partial charge is 0.434 e. The van der Waals surface area contributed by atoms with E-state index in [2.05, 4.69) is 5.32 Å². The van der Waals surface area contributed by atoms with Crippen LogP contribution in [0, 0.1) is 0 Å². The van der Waals surface area contributed by atoms with E-state index in [9.17, 15) is 9.59 Å². The SMILES string of the molecule is CCC(=O)[N]C(=O)O. The van der Waals surface area contributed by atoms with E-state index in [1.165, 1.54) is 0 Å². The van der Waals surface area contributed by atoms with Gasteiger partial charge in [-0.25, -0.2) is 4.79 Å². The predicted molar refractivity (Wildman–Crippen MR) is 25.5 cm³/mol. The van der Waals surface area contributed by atoms with E-state index in [4.69, 9.17) is 5.11 Å². The maximum absolute atomic E-state index is 10.1. The highest BCUT2D eigenvalue weighted by Gasteiger charge is 2.02. The molecule has 0 bridgehead atoms. The van der Waals surface area contributed by atoms with Gasteiger partial charge in [0.2, 0.25) is 0 Å². The zero-order valence-corrected chi connectivity index (χ0v) is 4.42. The van der Waals surface area contributed by atoms with Crippen LogP contribution in [0.2, 0.25) is 0 Å². The Hall–Kier alpha value is -1.06. The number of carbonyl (C=O) groups is 2. The van der Waals surface area contributed by atoms with Crippen molar-refractivity contribution in [1.82, 2.24) is 5.32 Å². The summed E-state index contributed by atoms with van der Waals surface area (Å²) in [6.07, 6.45) is -1.27. The summed E-state index contributed by atoms with van der Waals surface area (Å²) in [7, 11) is 0. The fourth-order valence-electron chi connectivity index (χ4n) is 0.186. The van der Waals surface area contributed by atoms with Crippen LogP contribution in [-0.2, 0) is 4.79 Å². The molecule has 0 aliphatic carbocycles. The molecule has 0 aromatic heterocycles. The molecule has 2 amide bonds. The molecule has 0 spiro atoms. The van der Waals surface area contributed by atoms with E-state index >= 15 is 0 Å². The lowest BCUT2D eigenvalue weighted by atomic mass is 10.5. The van der Waals surface area contributed by atoms with Gasteiger partial charge < -0.3 is 5.11 Å². The van der Waals surface area contributed by atoms with Crippen molar-refractivity contribution in [2.24, 2.45) is 0 Å².